The highest BCUT2D eigenvalue weighted by molar-refractivity contribution is 5.96. The molecule has 0 aliphatic heterocycles. The fourth-order valence-corrected chi connectivity index (χ4v) is 1.58. The number of fused-ring (bicyclic) bond motifs is 1. The Morgan fingerprint density at radius 3 is 3.00 bits per heavy atom. The van der Waals surface area contributed by atoms with Crippen molar-refractivity contribution in [1.29, 1.82) is 0 Å². The van der Waals surface area contributed by atoms with Crippen LogP contribution < -0.4 is 11.1 Å². The molecule has 0 bridgehead atoms. The minimum atomic E-state index is 0.732. The summed E-state index contributed by atoms with van der Waals surface area (Å²) in [5, 5.41) is 4.23. The number of hydrogen-bond acceptors (Lipinski definition) is 3. The third-order valence-electron chi connectivity index (χ3n) is 2.41. The molecule has 0 aliphatic carbocycles. The van der Waals surface area contributed by atoms with Crippen molar-refractivity contribution in [3.05, 3.63) is 42.6 Å². The maximum Gasteiger partial charge on any atom is 0.0724 e. The highest BCUT2D eigenvalue weighted by Crippen LogP contribution is 2.27. The van der Waals surface area contributed by atoms with Gasteiger partial charge in [-0.1, -0.05) is 12.2 Å². The topological polar surface area (TPSA) is 50.9 Å². The van der Waals surface area contributed by atoms with E-state index in [0.29, 0.717) is 0 Å². The van der Waals surface area contributed by atoms with Crippen molar-refractivity contribution in [2.24, 2.45) is 0 Å². The monoisotopic (exact) mass is 213 g/mol. The Morgan fingerprint density at radius 1 is 1.44 bits per heavy atom. The Morgan fingerprint density at radius 2 is 2.25 bits per heavy atom. The van der Waals surface area contributed by atoms with Crippen LogP contribution in [-0.4, -0.2) is 11.5 Å². The molecule has 16 heavy (non-hydrogen) atoms. The fourth-order valence-electron chi connectivity index (χ4n) is 1.58. The molecular weight excluding hydrogens is 198 g/mol. The van der Waals surface area contributed by atoms with Crippen molar-refractivity contribution in [2.75, 3.05) is 17.6 Å². The molecule has 0 saturated carbocycles. The summed E-state index contributed by atoms with van der Waals surface area (Å²) in [5.41, 5.74) is 9.74. The minimum absolute atomic E-state index is 0.732. The van der Waals surface area contributed by atoms with Crippen LogP contribution in [0.25, 0.3) is 10.9 Å². The second-order valence-corrected chi connectivity index (χ2v) is 3.91. The molecule has 0 unspecified atom stereocenters. The second-order valence-electron chi connectivity index (χ2n) is 3.91. The predicted molar refractivity (Wildman–Crippen MR) is 69.5 cm³/mol. The standard InChI is InChI=1S/C13H15N3/c1-9(2)8-16-12-6-5-11-10(13(12)14)4-3-7-15-11/h3-7,16H,1,8,14H2,2H3. The second kappa shape index (κ2) is 4.23. The molecule has 2 rings (SSSR count). The van der Waals surface area contributed by atoms with Crippen LogP contribution in [0.5, 0.6) is 0 Å². The van der Waals surface area contributed by atoms with Gasteiger partial charge < -0.3 is 11.1 Å². The maximum absolute atomic E-state index is 6.07. The Kier molecular flexibility index (Phi) is 2.77. The molecule has 0 aliphatic rings. The lowest BCUT2D eigenvalue weighted by Gasteiger charge is -2.10. The number of nitrogens with zero attached hydrogens (tertiary/aromatic N) is 1. The van der Waals surface area contributed by atoms with Gasteiger partial charge in [0, 0.05) is 18.1 Å². The number of rotatable bonds is 3. The molecule has 3 nitrogen and oxygen atoms in total. The van der Waals surface area contributed by atoms with E-state index in [1.807, 2.05) is 31.2 Å². The summed E-state index contributed by atoms with van der Waals surface area (Å²) in [4.78, 5) is 4.25. The van der Waals surface area contributed by atoms with Gasteiger partial charge in [0.1, 0.15) is 0 Å². The van der Waals surface area contributed by atoms with Gasteiger partial charge in [0.2, 0.25) is 0 Å². The lowest BCUT2D eigenvalue weighted by atomic mass is 10.1. The average molecular weight is 213 g/mol. The number of nitrogens with one attached hydrogen (secondary N) is 1. The summed E-state index contributed by atoms with van der Waals surface area (Å²) in [7, 11) is 0. The van der Waals surface area contributed by atoms with Crippen LogP contribution in [0.2, 0.25) is 0 Å². The van der Waals surface area contributed by atoms with E-state index in [9.17, 15) is 0 Å². The third kappa shape index (κ3) is 1.98. The van der Waals surface area contributed by atoms with E-state index in [2.05, 4.69) is 16.9 Å². The first-order valence-corrected chi connectivity index (χ1v) is 5.20. The van der Waals surface area contributed by atoms with Crippen LogP contribution >= 0.6 is 0 Å². The third-order valence-corrected chi connectivity index (χ3v) is 2.41. The minimum Gasteiger partial charge on any atom is -0.397 e. The number of aromatic nitrogens is 1. The van der Waals surface area contributed by atoms with E-state index in [-0.39, 0.29) is 0 Å². The van der Waals surface area contributed by atoms with E-state index in [4.69, 9.17) is 5.73 Å². The van der Waals surface area contributed by atoms with Crippen LogP contribution in [0.15, 0.2) is 42.6 Å². The summed E-state index contributed by atoms with van der Waals surface area (Å²) in [6.07, 6.45) is 1.77. The van der Waals surface area contributed by atoms with Crippen LogP contribution in [0.3, 0.4) is 0 Å². The SMILES string of the molecule is C=C(C)CNc1ccc2ncccc2c1N. The molecule has 3 heteroatoms. The Bertz CT molecular complexity index is 532. The molecule has 82 valence electrons. The summed E-state index contributed by atoms with van der Waals surface area (Å²) in [6.45, 7) is 6.56. The van der Waals surface area contributed by atoms with E-state index >= 15 is 0 Å². The molecule has 0 saturated heterocycles. The van der Waals surface area contributed by atoms with Crippen molar-refractivity contribution in [1.82, 2.24) is 4.98 Å². The van der Waals surface area contributed by atoms with Gasteiger partial charge in [0.15, 0.2) is 0 Å². The van der Waals surface area contributed by atoms with E-state index in [0.717, 1.165) is 34.4 Å². The highest BCUT2D eigenvalue weighted by Gasteiger charge is 2.03. The van der Waals surface area contributed by atoms with E-state index in [1.165, 1.54) is 0 Å². The molecule has 0 spiro atoms. The quantitative estimate of drug-likeness (QED) is 0.609. The summed E-state index contributed by atoms with van der Waals surface area (Å²) in [6, 6.07) is 7.78. The van der Waals surface area contributed by atoms with Crippen molar-refractivity contribution in [3.8, 4) is 0 Å². The molecule has 0 atom stereocenters. The molecular formula is C13H15N3. The first-order valence-electron chi connectivity index (χ1n) is 5.20. The van der Waals surface area contributed by atoms with Gasteiger partial charge in [-0.05, 0) is 31.2 Å². The molecule has 0 radical (unpaired) electrons. The Balaban J connectivity index is 2.40. The molecule has 0 fully saturated rings. The Labute approximate surface area is 95.0 Å². The molecule has 1 aromatic heterocycles. The molecule has 1 heterocycles. The lowest BCUT2D eigenvalue weighted by Crippen LogP contribution is -2.05. The zero-order valence-electron chi connectivity index (χ0n) is 9.33. The van der Waals surface area contributed by atoms with Crippen molar-refractivity contribution in [2.45, 2.75) is 6.92 Å². The summed E-state index contributed by atoms with van der Waals surface area (Å²) >= 11 is 0. The number of hydrogen-bond donors (Lipinski definition) is 2. The fraction of sp³-hybridized carbons (Fsp3) is 0.154. The van der Waals surface area contributed by atoms with Crippen LogP contribution in [0.1, 0.15) is 6.92 Å². The largest absolute Gasteiger partial charge is 0.397 e. The van der Waals surface area contributed by atoms with Crippen molar-refractivity contribution in [3.63, 3.8) is 0 Å². The van der Waals surface area contributed by atoms with Gasteiger partial charge in [-0.15, -0.1) is 0 Å². The zero-order chi connectivity index (χ0) is 11.5. The van der Waals surface area contributed by atoms with Crippen LogP contribution in [-0.2, 0) is 0 Å². The number of nitrogen functional groups attached to an aromatic ring is 1. The van der Waals surface area contributed by atoms with Gasteiger partial charge in [-0.25, -0.2) is 0 Å². The van der Waals surface area contributed by atoms with Crippen molar-refractivity contribution >= 4 is 22.3 Å². The van der Waals surface area contributed by atoms with E-state index in [1.54, 1.807) is 6.20 Å². The number of pyridine rings is 1. The zero-order valence-corrected chi connectivity index (χ0v) is 9.33. The predicted octanol–water partition coefficient (Wildman–Crippen LogP) is 2.81. The van der Waals surface area contributed by atoms with Gasteiger partial charge in [0.25, 0.3) is 0 Å². The molecule has 0 amide bonds. The Hall–Kier alpha value is -2.03. The van der Waals surface area contributed by atoms with Crippen LogP contribution in [0.4, 0.5) is 11.4 Å². The first kappa shape index (κ1) is 10.5. The van der Waals surface area contributed by atoms with E-state index < -0.39 is 0 Å². The molecule has 2 aromatic rings. The van der Waals surface area contributed by atoms with Gasteiger partial charge in [0.05, 0.1) is 16.9 Å². The van der Waals surface area contributed by atoms with Crippen LogP contribution in [0, 0.1) is 0 Å². The molecule has 3 N–H and O–H groups in total. The number of nitrogens with two attached hydrogens (primary N) is 1. The van der Waals surface area contributed by atoms with Gasteiger partial charge in [-0.3, -0.25) is 4.98 Å². The van der Waals surface area contributed by atoms with Gasteiger partial charge in [-0.2, -0.15) is 0 Å². The summed E-state index contributed by atoms with van der Waals surface area (Å²) in [5.74, 6) is 0. The average Bonchev–Trinajstić information content (AvgIpc) is 2.28. The number of benzene rings is 1. The smallest absolute Gasteiger partial charge is 0.0724 e. The first-order chi connectivity index (χ1) is 7.68. The van der Waals surface area contributed by atoms with Crippen molar-refractivity contribution < 1.29 is 0 Å². The highest BCUT2D eigenvalue weighted by atomic mass is 14.9. The normalized spacial score (nSPS) is 10.3. The number of anilines is 2. The molecule has 1 aromatic carbocycles. The maximum atomic E-state index is 6.07. The van der Waals surface area contributed by atoms with Gasteiger partial charge >= 0.3 is 0 Å². The summed E-state index contributed by atoms with van der Waals surface area (Å²) < 4.78 is 0. The lowest BCUT2D eigenvalue weighted by molar-refractivity contribution is 1.22.